The lowest BCUT2D eigenvalue weighted by atomic mass is 9.84. The molecular formula is C25H21O3+. The van der Waals surface area contributed by atoms with E-state index in [2.05, 4.69) is 0 Å². The molecular weight excluding hydrogens is 348 g/mol. The first-order valence-electron chi connectivity index (χ1n) is 9.08. The number of ketones is 3. The summed E-state index contributed by atoms with van der Waals surface area (Å²) in [7, 11) is 0. The highest BCUT2D eigenvalue weighted by molar-refractivity contribution is 6.44. The predicted molar refractivity (Wildman–Crippen MR) is 110 cm³/mol. The average molecular weight is 369 g/mol. The van der Waals surface area contributed by atoms with Crippen molar-refractivity contribution in [2.75, 3.05) is 0 Å². The molecule has 0 amide bonds. The summed E-state index contributed by atoms with van der Waals surface area (Å²) in [5, 5.41) is 0. The molecule has 0 N–H and O–H groups in total. The van der Waals surface area contributed by atoms with E-state index in [1.165, 1.54) is 0 Å². The van der Waals surface area contributed by atoms with Crippen LogP contribution in [0, 0.1) is 26.7 Å². The molecule has 3 rings (SSSR count). The van der Waals surface area contributed by atoms with Crippen LogP contribution in [0.2, 0.25) is 0 Å². The van der Waals surface area contributed by atoms with Crippen LogP contribution in [0.5, 0.6) is 0 Å². The van der Waals surface area contributed by atoms with Gasteiger partial charge in [0.05, 0.1) is 16.7 Å². The van der Waals surface area contributed by atoms with Gasteiger partial charge in [-0.05, 0) is 110 Å². The highest BCUT2D eigenvalue weighted by Gasteiger charge is 2.43. The lowest BCUT2D eigenvalue weighted by molar-refractivity contribution is 0.0859. The van der Waals surface area contributed by atoms with E-state index >= 15 is 0 Å². The zero-order valence-electron chi connectivity index (χ0n) is 16.2. The zero-order chi connectivity index (χ0) is 20.3. The molecule has 3 aromatic carbocycles. The van der Waals surface area contributed by atoms with Gasteiger partial charge in [-0.15, -0.1) is 0 Å². The SMILES string of the molecule is Cc1ccc(C(=O)[C+](C(=O)c2ccc(C)cc2)C(=O)c2ccc(C)cc2)cc1. The predicted octanol–water partition coefficient (Wildman–Crippen LogP) is 5.13. The lowest BCUT2D eigenvalue weighted by Gasteiger charge is -2.08. The second-order valence-corrected chi connectivity index (χ2v) is 6.96. The minimum Gasteiger partial charge on any atom is -0.264 e. The third-order valence-electron chi connectivity index (χ3n) is 4.62. The van der Waals surface area contributed by atoms with E-state index in [0.29, 0.717) is 16.7 Å². The van der Waals surface area contributed by atoms with Gasteiger partial charge in [-0.1, -0.05) is 0 Å². The molecule has 0 saturated heterocycles. The van der Waals surface area contributed by atoms with Gasteiger partial charge in [0.1, 0.15) is 0 Å². The van der Waals surface area contributed by atoms with Crippen molar-refractivity contribution in [1.82, 2.24) is 0 Å². The smallest absolute Gasteiger partial charge is 0.264 e. The fourth-order valence-corrected chi connectivity index (χ4v) is 2.86. The Labute approximate surface area is 165 Å². The van der Waals surface area contributed by atoms with Crippen LogP contribution in [-0.2, 0) is 0 Å². The van der Waals surface area contributed by atoms with Crippen LogP contribution in [0.15, 0.2) is 72.8 Å². The van der Waals surface area contributed by atoms with E-state index in [0.717, 1.165) is 16.7 Å². The van der Waals surface area contributed by atoms with Crippen molar-refractivity contribution in [3.63, 3.8) is 0 Å². The summed E-state index contributed by atoms with van der Waals surface area (Å²) in [6.45, 7) is 5.73. The van der Waals surface area contributed by atoms with Crippen LogP contribution in [0.3, 0.4) is 0 Å². The number of hydrogen-bond acceptors (Lipinski definition) is 3. The van der Waals surface area contributed by atoms with Gasteiger partial charge in [0, 0.05) is 0 Å². The molecule has 0 unspecified atom stereocenters. The summed E-state index contributed by atoms with van der Waals surface area (Å²) in [5.74, 6) is -2.01. The Balaban J connectivity index is 2.04. The number of Topliss-reactive ketones (excluding diaryl/α,β-unsaturated/α-hetero) is 3. The van der Waals surface area contributed by atoms with Crippen LogP contribution < -0.4 is 0 Å². The van der Waals surface area contributed by atoms with E-state index < -0.39 is 17.3 Å². The monoisotopic (exact) mass is 369 g/mol. The van der Waals surface area contributed by atoms with Gasteiger partial charge < -0.3 is 0 Å². The Morgan fingerprint density at radius 2 is 0.679 bits per heavy atom. The standard InChI is InChI=1S/C25H21O3/c1-16-4-10-19(11-5-16)23(26)22(24(27)20-12-6-17(2)7-13-20)25(28)21-14-8-18(3)9-15-21/h4-15H,1-3H3/q+1. The molecule has 0 saturated carbocycles. The average Bonchev–Trinajstić information content (AvgIpc) is 2.69. The minimum atomic E-state index is -0.559. The van der Waals surface area contributed by atoms with Crippen LogP contribution in [0.4, 0.5) is 0 Å². The van der Waals surface area contributed by atoms with Crippen LogP contribution in [-0.4, -0.2) is 17.3 Å². The van der Waals surface area contributed by atoms with Gasteiger partial charge in [0.25, 0.3) is 17.3 Å². The van der Waals surface area contributed by atoms with Crippen LogP contribution in [0.25, 0.3) is 0 Å². The summed E-state index contributed by atoms with van der Waals surface area (Å²) in [4.78, 5) is 39.4. The van der Waals surface area contributed by atoms with Crippen molar-refractivity contribution in [3.05, 3.63) is 112 Å². The molecule has 3 heteroatoms. The molecule has 0 atom stereocenters. The maximum atomic E-state index is 13.1. The fourth-order valence-electron chi connectivity index (χ4n) is 2.86. The summed E-state index contributed by atoms with van der Waals surface area (Å²) in [6.07, 6.45) is 0. The van der Waals surface area contributed by atoms with E-state index in [-0.39, 0.29) is 5.92 Å². The topological polar surface area (TPSA) is 51.2 Å². The van der Waals surface area contributed by atoms with Crippen LogP contribution >= 0.6 is 0 Å². The molecule has 3 aromatic rings. The van der Waals surface area contributed by atoms with Gasteiger partial charge in [-0.2, -0.15) is 0 Å². The molecule has 138 valence electrons. The van der Waals surface area contributed by atoms with Gasteiger partial charge in [0.2, 0.25) is 5.92 Å². The Bertz CT molecular complexity index is 874. The Hall–Kier alpha value is -3.46. The number of aryl methyl sites for hydroxylation is 3. The number of carbonyl (C=O) groups excluding carboxylic acids is 3. The molecule has 0 heterocycles. The Morgan fingerprint density at radius 3 is 0.893 bits per heavy atom. The molecule has 0 fully saturated rings. The molecule has 0 radical (unpaired) electrons. The summed E-state index contributed by atoms with van der Waals surface area (Å²) in [5.41, 5.74) is 3.94. The highest BCUT2D eigenvalue weighted by Crippen LogP contribution is 2.23. The maximum absolute atomic E-state index is 13.1. The first kappa shape index (κ1) is 19.3. The molecule has 3 nitrogen and oxygen atoms in total. The number of benzene rings is 3. The van der Waals surface area contributed by atoms with E-state index in [1.54, 1.807) is 72.8 Å². The Kier molecular flexibility index (Phi) is 5.55. The zero-order valence-corrected chi connectivity index (χ0v) is 16.2. The van der Waals surface area contributed by atoms with Crippen molar-refractivity contribution in [2.24, 2.45) is 0 Å². The first-order valence-corrected chi connectivity index (χ1v) is 9.08. The van der Waals surface area contributed by atoms with Gasteiger partial charge >= 0.3 is 0 Å². The fraction of sp³-hybridized carbons (Fsp3) is 0.120. The highest BCUT2D eigenvalue weighted by atomic mass is 16.2. The van der Waals surface area contributed by atoms with Gasteiger partial charge in [0.15, 0.2) is 0 Å². The third-order valence-corrected chi connectivity index (χ3v) is 4.62. The van der Waals surface area contributed by atoms with E-state index in [9.17, 15) is 14.4 Å². The second-order valence-electron chi connectivity index (χ2n) is 6.96. The number of carbonyl (C=O) groups is 3. The molecule has 0 aliphatic carbocycles. The van der Waals surface area contributed by atoms with Crippen LogP contribution in [0.1, 0.15) is 47.8 Å². The van der Waals surface area contributed by atoms with Crippen molar-refractivity contribution in [3.8, 4) is 0 Å². The van der Waals surface area contributed by atoms with Crippen molar-refractivity contribution >= 4 is 17.3 Å². The summed E-state index contributed by atoms with van der Waals surface area (Å²) < 4.78 is 0. The molecule has 0 spiro atoms. The summed E-state index contributed by atoms with van der Waals surface area (Å²) >= 11 is 0. The molecule has 0 aliphatic rings. The van der Waals surface area contributed by atoms with Gasteiger partial charge in [-0.25, -0.2) is 0 Å². The molecule has 0 aliphatic heterocycles. The third kappa shape index (κ3) is 4.09. The lowest BCUT2D eigenvalue weighted by Crippen LogP contribution is -2.30. The number of rotatable bonds is 6. The maximum Gasteiger partial charge on any atom is 0.281 e. The quantitative estimate of drug-likeness (QED) is 0.344. The molecule has 0 aromatic heterocycles. The van der Waals surface area contributed by atoms with Crippen molar-refractivity contribution < 1.29 is 14.4 Å². The summed E-state index contributed by atoms with van der Waals surface area (Å²) in [6, 6.07) is 20.6. The van der Waals surface area contributed by atoms with E-state index in [1.807, 2.05) is 20.8 Å². The van der Waals surface area contributed by atoms with Crippen molar-refractivity contribution in [2.45, 2.75) is 20.8 Å². The first-order chi connectivity index (χ1) is 13.4. The van der Waals surface area contributed by atoms with E-state index in [4.69, 9.17) is 0 Å². The largest absolute Gasteiger partial charge is 0.281 e. The minimum absolute atomic E-state index is 0.321. The molecule has 28 heavy (non-hydrogen) atoms. The Morgan fingerprint density at radius 1 is 0.464 bits per heavy atom. The molecule has 0 bridgehead atoms. The van der Waals surface area contributed by atoms with Crippen molar-refractivity contribution in [1.29, 1.82) is 0 Å². The van der Waals surface area contributed by atoms with Gasteiger partial charge in [-0.3, -0.25) is 14.4 Å². The second kappa shape index (κ2) is 8.05. The normalized spacial score (nSPS) is 10.4. The number of hydrogen-bond donors (Lipinski definition) is 0.